The number of halogens is 1. The Kier molecular flexibility index (Phi) is 5.04. The molecule has 3 aromatic heterocycles. The van der Waals surface area contributed by atoms with Gasteiger partial charge in [0.2, 0.25) is 0 Å². The van der Waals surface area contributed by atoms with Crippen LogP contribution in [-0.4, -0.2) is 38.2 Å². The van der Waals surface area contributed by atoms with Crippen LogP contribution in [0, 0.1) is 6.92 Å². The van der Waals surface area contributed by atoms with E-state index >= 15 is 0 Å². The Labute approximate surface area is 195 Å². The Hall–Kier alpha value is -3.36. The zero-order chi connectivity index (χ0) is 22.4. The van der Waals surface area contributed by atoms with E-state index in [4.69, 9.17) is 21.3 Å². The lowest BCUT2D eigenvalue weighted by Gasteiger charge is -2.15. The number of nitrogens with zero attached hydrogens (tertiary/aromatic N) is 3. The van der Waals surface area contributed by atoms with Crippen molar-refractivity contribution in [3.8, 4) is 11.8 Å². The molecule has 6 rings (SSSR count). The molecule has 0 atom stereocenters. The number of nitrogens with one attached hydrogen (secondary N) is 4. The Balaban J connectivity index is 1.35. The number of anilines is 2. The smallest absolute Gasteiger partial charge is 0.324 e. The summed E-state index contributed by atoms with van der Waals surface area (Å²) in [5, 5.41) is 15.6. The highest BCUT2D eigenvalue weighted by Gasteiger charge is 2.25. The van der Waals surface area contributed by atoms with Gasteiger partial charge in [0.05, 0.1) is 10.7 Å². The third kappa shape index (κ3) is 4.19. The largest absolute Gasteiger partial charge is 0.423 e. The standard InChI is InChI=1S/C24H24ClN7O/c1-13-10-16-17(27-13)4-5-20(23(16)25)33-24-28-18(15-6-8-26-9-7-15)11-21(30-24)29-22-12-19(31-32-22)14-2-3-14/h4-6,10-12,14,26-27H,2-3,7-9H2,1H3,(H2,28,29,30,31,32). The number of hydrogen-bond acceptors (Lipinski definition) is 6. The van der Waals surface area contributed by atoms with Gasteiger partial charge in [-0.15, -0.1) is 0 Å². The number of fused-ring (bicyclic) bond motifs is 1. The van der Waals surface area contributed by atoms with E-state index < -0.39 is 0 Å². The van der Waals surface area contributed by atoms with Crippen molar-refractivity contribution in [2.45, 2.75) is 32.1 Å². The maximum Gasteiger partial charge on any atom is 0.324 e. The quantitative estimate of drug-likeness (QED) is 0.305. The van der Waals surface area contributed by atoms with Gasteiger partial charge in [-0.2, -0.15) is 15.1 Å². The predicted octanol–water partition coefficient (Wildman–Crippen LogP) is 5.43. The van der Waals surface area contributed by atoms with Crippen molar-refractivity contribution in [1.29, 1.82) is 0 Å². The molecule has 8 nitrogen and oxygen atoms in total. The normalized spacial score (nSPS) is 16.1. The van der Waals surface area contributed by atoms with Crippen LogP contribution < -0.4 is 15.4 Å². The Morgan fingerprint density at radius 3 is 2.85 bits per heavy atom. The van der Waals surface area contributed by atoms with E-state index in [1.807, 2.05) is 37.3 Å². The van der Waals surface area contributed by atoms with Gasteiger partial charge in [0, 0.05) is 46.9 Å². The molecule has 0 saturated heterocycles. The second kappa shape index (κ2) is 8.20. The second-order valence-electron chi connectivity index (χ2n) is 8.61. The zero-order valence-electron chi connectivity index (χ0n) is 18.2. The molecule has 1 fully saturated rings. The molecule has 1 aliphatic heterocycles. The van der Waals surface area contributed by atoms with Gasteiger partial charge >= 0.3 is 6.01 Å². The van der Waals surface area contributed by atoms with Gasteiger partial charge in [0.25, 0.3) is 0 Å². The average Bonchev–Trinajstić information content (AvgIpc) is 3.45. The fourth-order valence-corrected chi connectivity index (χ4v) is 4.41. The maximum absolute atomic E-state index is 6.65. The van der Waals surface area contributed by atoms with Gasteiger partial charge in [0.1, 0.15) is 11.6 Å². The first-order valence-electron chi connectivity index (χ1n) is 11.2. The summed E-state index contributed by atoms with van der Waals surface area (Å²) in [4.78, 5) is 12.6. The highest BCUT2D eigenvalue weighted by atomic mass is 35.5. The molecule has 4 aromatic rings. The van der Waals surface area contributed by atoms with E-state index in [0.29, 0.717) is 22.5 Å². The van der Waals surface area contributed by atoms with Crippen LogP contribution in [0.2, 0.25) is 5.02 Å². The fourth-order valence-electron chi connectivity index (χ4n) is 4.16. The SMILES string of the molecule is Cc1cc2c(Cl)c(Oc3nc(Nc4cc(C5CC5)[nH]n4)cc(C4=CCNCC4)n3)ccc2[nH]1. The van der Waals surface area contributed by atoms with Crippen LogP contribution >= 0.6 is 11.6 Å². The van der Waals surface area contributed by atoms with Gasteiger partial charge in [-0.3, -0.25) is 5.10 Å². The number of H-pyrrole nitrogens is 2. The number of aryl methyl sites for hydroxylation is 1. The monoisotopic (exact) mass is 461 g/mol. The fraction of sp³-hybridized carbons (Fsp3) is 0.292. The van der Waals surface area contributed by atoms with E-state index in [9.17, 15) is 0 Å². The molecule has 0 unspecified atom stereocenters. The van der Waals surface area contributed by atoms with Crippen molar-refractivity contribution in [2.75, 3.05) is 18.4 Å². The van der Waals surface area contributed by atoms with Crippen molar-refractivity contribution < 1.29 is 4.74 Å². The molecular formula is C24H24ClN7O. The second-order valence-corrected chi connectivity index (χ2v) is 8.98. The zero-order valence-corrected chi connectivity index (χ0v) is 19.0. The van der Waals surface area contributed by atoms with E-state index in [2.05, 4.69) is 36.9 Å². The van der Waals surface area contributed by atoms with Crippen LogP contribution in [0.3, 0.4) is 0 Å². The van der Waals surface area contributed by atoms with Crippen molar-refractivity contribution >= 4 is 39.7 Å². The lowest BCUT2D eigenvalue weighted by atomic mass is 10.1. The first-order valence-corrected chi connectivity index (χ1v) is 11.6. The molecule has 1 saturated carbocycles. The lowest BCUT2D eigenvalue weighted by Crippen LogP contribution is -2.20. The number of hydrogen-bond donors (Lipinski definition) is 4. The molecule has 1 aromatic carbocycles. The topological polar surface area (TPSA) is 104 Å². The minimum absolute atomic E-state index is 0.237. The number of benzene rings is 1. The third-order valence-electron chi connectivity index (χ3n) is 6.01. The van der Waals surface area contributed by atoms with Crippen molar-refractivity contribution in [3.05, 3.63) is 58.5 Å². The minimum atomic E-state index is 0.237. The Morgan fingerprint density at radius 1 is 1.12 bits per heavy atom. The van der Waals surface area contributed by atoms with Gasteiger partial charge in [-0.1, -0.05) is 17.7 Å². The Morgan fingerprint density at radius 2 is 2.03 bits per heavy atom. The molecule has 0 spiro atoms. The van der Waals surface area contributed by atoms with Crippen LogP contribution in [0.5, 0.6) is 11.8 Å². The number of aromatic nitrogens is 5. The number of ether oxygens (including phenoxy) is 1. The van der Waals surface area contributed by atoms with Crippen LogP contribution in [0.15, 0.2) is 36.4 Å². The van der Waals surface area contributed by atoms with Gasteiger partial charge < -0.3 is 20.4 Å². The molecule has 9 heteroatoms. The molecule has 1 aliphatic carbocycles. The molecule has 0 amide bonds. The maximum atomic E-state index is 6.65. The predicted molar refractivity (Wildman–Crippen MR) is 129 cm³/mol. The number of aromatic amines is 2. The van der Waals surface area contributed by atoms with Crippen LogP contribution in [0.4, 0.5) is 11.6 Å². The van der Waals surface area contributed by atoms with Gasteiger partial charge in [-0.05, 0) is 56.5 Å². The summed E-state index contributed by atoms with van der Waals surface area (Å²) in [6.45, 7) is 3.73. The van der Waals surface area contributed by atoms with E-state index in [1.165, 1.54) is 12.8 Å². The highest BCUT2D eigenvalue weighted by molar-refractivity contribution is 6.37. The number of rotatable bonds is 6. The van der Waals surface area contributed by atoms with Crippen molar-refractivity contribution in [2.24, 2.45) is 0 Å². The molecule has 4 heterocycles. The first-order chi connectivity index (χ1) is 16.1. The molecule has 0 radical (unpaired) electrons. The summed E-state index contributed by atoms with van der Waals surface area (Å²) in [5.74, 6) is 2.47. The summed E-state index contributed by atoms with van der Waals surface area (Å²) >= 11 is 6.65. The van der Waals surface area contributed by atoms with Crippen LogP contribution in [0.25, 0.3) is 16.5 Å². The summed E-state index contributed by atoms with van der Waals surface area (Å²) in [5.41, 5.74) is 5.15. The van der Waals surface area contributed by atoms with Crippen molar-refractivity contribution in [1.82, 2.24) is 30.5 Å². The first kappa shape index (κ1) is 20.3. The van der Waals surface area contributed by atoms with Crippen molar-refractivity contribution in [3.63, 3.8) is 0 Å². The molecular weight excluding hydrogens is 438 g/mol. The summed E-state index contributed by atoms with van der Waals surface area (Å²) in [6, 6.07) is 10.0. The van der Waals surface area contributed by atoms with Crippen LogP contribution in [0.1, 0.15) is 42.3 Å². The van der Waals surface area contributed by atoms with Gasteiger partial charge in [-0.25, -0.2) is 0 Å². The minimum Gasteiger partial charge on any atom is -0.423 e. The van der Waals surface area contributed by atoms with Crippen LogP contribution in [-0.2, 0) is 0 Å². The molecule has 168 valence electrons. The van der Waals surface area contributed by atoms with Gasteiger partial charge in [0.15, 0.2) is 5.82 Å². The molecule has 2 aliphatic rings. The Bertz CT molecular complexity index is 1370. The summed E-state index contributed by atoms with van der Waals surface area (Å²) < 4.78 is 6.11. The van der Waals surface area contributed by atoms with E-state index in [0.717, 1.165) is 58.9 Å². The third-order valence-corrected chi connectivity index (χ3v) is 6.40. The summed E-state index contributed by atoms with van der Waals surface area (Å²) in [7, 11) is 0. The lowest BCUT2D eigenvalue weighted by molar-refractivity contribution is 0.443. The molecule has 33 heavy (non-hydrogen) atoms. The highest BCUT2D eigenvalue weighted by Crippen LogP contribution is 2.40. The van der Waals surface area contributed by atoms with E-state index in [1.54, 1.807) is 0 Å². The molecule has 4 N–H and O–H groups in total. The van der Waals surface area contributed by atoms with E-state index in [-0.39, 0.29) is 6.01 Å². The molecule has 0 bridgehead atoms. The average molecular weight is 462 g/mol. The summed E-state index contributed by atoms with van der Waals surface area (Å²) in [6.07, 6.45) is 5.47.